The maximum atomic E-state index is 11.9. The molecule has 0 heterocycles. The van der Waals surface area contributed by atoms with Crippen LogP contribution in [0.4, 0.5) is 0 Å². The van der Waals surface area contributed by atoms with Crippen LogP contribution in [-0.2, 0) is 11.2 Å². The summed E-state index contributed by atoms with van der Waals surface area (Å²) in [7, 11) is 0. The number of halogens is 1. The lowest BCUT2D eigenvalue weighted by atomic mass is 9.88. The zero-order chi connectivity index (χ0) is 12.2. The molecule has 1 aromatic rings. The van der Waals surface area contributed by atoms with Crippen molar-refractivity contribution in [2.24, 2.45) is 0 Å². The Hall–Kier alpha value is -0.860. The van der Waals surface area contributed by atoms with E-state index in [-0.39, 0.29) is 12.2 Å². The quantitative estimate of drug-likeness (QED) is 0.859. The van der Waals surface area contributed by atoms with Crippen molar-refractivity contribution in [3.8, 4) is 0 Å². The summed E-state index contributed by atoms with van der Waals surface area (Å²) in [4.78, 5) is 11.9. The lowest BCUT2D eigenvalue weighted by Crippen LogP contribution is -2.38. The summed E-state index contributed by atoms with van der Waals surface area (Å²) in [5, 5.41) is 10.6. The second-order valence-corrected chi connectivity index (χ2v) is 4.34. The fourth-order valence-electron chi connectivity index (χ4n) is 1.62. The highest BCUT2D eigenvalue weighted by atomic mass is 35.5. The lowest BCUT2D eigenvalue weighted by molar-refractivity contribution is -0.137. The molecule has 0 aliphatic carbocycles. The number of Topliss-reactive ketones (excluding diaryl/α,β-unsaturated/α-hetero) is 1. The predicted octanol–water partition coefficient (Wildman–Crippen LogP) is 3.00. The Kier molecular flexibility index (Phi) is 4.51. The van der Waals surface area contributed by atoms with Gasteiger partial charge < -0.3 is 5.11 Å². The second-order valence-electron chi connectivity index (χ2n) is 3.93. The molecule has 0 atom stereocenters. The van der Waals surface area contributed by atoms with Gasteiger partial charge in [-0.25, -0.2) is 0 Å². The standard InChI is InChI=1S/C13H17ClO2/c1-3-13(16,4-2)12(15)9-10-7-5-6-8-11(10)14/h5-8,16H,3-4,9H2,1-2H3. The molecule has 0 unspecified atom stereocenters. The molecule has 3 heteroatoms. The molecule has 1 rings (SSSR count). The number of benzene rings is 1. The van der Waals surface area contributed by atoms with Gasteiger partial charge >= 0.3 is 0 Å². The van der Waals surface area contributed by atoms with Crippen molar-refractivity contribution in [1.82, 2.24) is 0 Å². The summed E-state index contributed by atoms with van der Waals surface area (Å²) in [6.45, 7) is 3.63. The molecule has 0 aromatic heterocycles. The Labute approximate surface area is 101 Å². The third kappa shape index (κ3) is 2.83. The van der Waals surface area contributed by atoms with E-state index in [1.165, 1.54) is 0 Å². The number of rotatable bonds is 5. The van der Waals surface area contributed by atoms with Crippen LogP contribution in [-0.4, -0.2) is 16.5 Å². The fraction of sp³-hybridized carbons (Fsp3) is 0.462. The van der Waals surface area contributed by atoms with E-state index < -0.39 is 5.60 Å². The van der Waals surface area contributed by atoms with Gasteiger partial charge in [-0.3, -0.25) is 4.79 Å². The van der Waals surface area contributed by atoms with E-state index in [0.29, 0.717) is 17.9 Å². The topological polar surface area (TPSA) is 37.3 Å². The van der Waals surface area contributed by atoms with Crippen LogP contribution in [0.3, 0.4) is 0 Å². The lowest BCUT2D eigenvalue weighted by Gasteiger charge is -2.23. The number of carbonyl (C=O) groups excluding carboxylic acids is 1. The highest BCUT2D eigenvalue weighted by molar-refractivity contribution is 6.31. The molecule has 0 radical (unpaired) electrons. The number of hydrogen-bond donors (Lipinski definition) is 1. The highest BCUT2D eigenvalue weighted by Gasteiger charge is 2.31. The minimum absolute atomic E-state index is 0.161. The molecular weight excluding hydrogens is 224 g/mol. The summed E-state index contributed by atoms with van der Waals surface area (Å²) < 4.78 is 0. The van der Waals surface area contributed by atoms with Crippen LogP contribution in [0.1, 0.15) is 32.3 Å². The summed E-state index contributed by atoms with van der Waals surface area (Å²) >= 11 is 5.97. The maximum Gasteiger partial charge on any atom is 0.168 e. The first-order chi connectivity index (χ1) is 7.53. The van der Waals surface area contributed by atoms with E-state index in [0.717, 1.165) is 5.56 Å². The Balaban J connectivity index is 2.83. The number of hydrogen-bond acceptors (Lipinski definition) is 2. The van der Waals surface area contributed by atoms with Gasteiger partial charge in [0, 0.05) is 11.4 Å². The molecule has 0 aliphatic heterocycles. The van der Waals surface area contributed by atoms with Crippen LogP contribution in [0.5, 0.6) is 0 Å². The van der Waals surface area contributed by atoms with E-state index in [1.54, 1.807) is 6.07 Å². The smallest absolute Gasteiger partial charge is 0.168 e. The van der Waals surface area contributed by atoms with Crippen molar-refractivity contribution in [3.63, 3.8) is 0 Å². The monoisotopic (exact) mass is 240 g/mol. The zero-order valence-electron chi connectivity index (χ0n) is 9.66. The number of carbonyl (C=O) groups is 1. The molecule has 0 aliphatic rings. The van der Waals surface area contributed by atoms with Crippen molar-refractivity contribution >= 4 is 17.4 Å². The molecule has 16 heavy (non-hydrogen) atoms. The van der Waals surface area contributed by atoms with Gasteiger partial charge in [-0.15, -0.1) is 0 Å². The number of ketones is 1. The van der Waals surface area contributed by atoms with Gasteiger partial charge in [-0.1, -0.05) is 43.6 Å². The Morgan fingerprint density at radius 2 is 1.88 bits per heavy atom. The Morgan fingerprint density at radius 3 is 2.38 bits per heavy atom. The van der Waals surface area contributed by atoms with Crippen LogP contribution >= 0.6 is 11.6 Å². The van der Waals surface area contributed by atoms with Gasteiger partial charge in [0.25, 0.3) is 0 Å². The van der Waals surface area contributed by atoms with E-state index in [1.807, 2.05) is 32.0 Å². The zero-order valence-corrected chi connectivity index (χ0v) is 10.4. The largest absolute Gasteiger partial charge is 0.382 e. The van der Waals surface area contributed by atoms with Crippen LogP contribution < -0.4 is 0 Å². The third-order valence-electron chi connectivity index (χ3n) is 3.00. The summed E-state index contributed by atoms with van der Waals surface area (Å²) in [6, 6.07) is 7.22. The van der Waals surface area contributed by atoms with Gasteiger partial charge in [-0.2, -0.15) is 0 Å². The molecule has 0 bridgehead atoms. The molecule has 0 saturated heterocycles. The average Bonchev–Trinajstić information content (AvgIpc) is 2.31. The van der Waals surface area contributed by atoms with Gasteiger partial charge in [0.05, 0.1) is 0 Å². The molecule has 0 spiro atoms. The SMILES string of the molecule is CCC(O)(CC)C(=O)Cc1ccccc1Cl. The summed E-state index contributed by atoms with van der Waals surface area (Å²) in [5.41, 5.74) is -0.436. The minimum atomic E-state index is -1.21. The van der Waals surface area contributed by atoms with Gasteiger partial charge in [0.1, 0.15) is 5.60 Å². The first-order valence-corrected chi connectivity index (χ1v) is 5.90. The molecule has 0 amide bonds. The van der Waals surface area contributed by atoms with Crippen molar-refractivity contribution in [2.75, 3.05) is 0 Å². The van der Waals surface area contributed by atoms with Gasteiger partial charge in [-0.05, 0) is 24.5 Å². The van der Waals surface area contributed by atoms with Crippen molar-refractivity contribution in [1.29, 1.82) is 0 Å². The molecule has 0 saturated carbocycles. The van der Waals surface area contributed by atoms with Gasteiger partial charge in [0.15, 0.2) is 5.78 Å². The second kappa shape index (κ2) is 5.46. The fourth-order valence-corrected chi connectivity index (χ4v) is 1.83. The Morgan fingerprint density at radius 1 is 1.31 bits per heavy atom. The maximum absolute atomic E-state index is 11.9. The summed E-state index contributed by atoms with van der Waals surface area (Å²) in [5.74, 6) is -0.161. The predicted molar refractivity (Wildman–Crippen MR) is 65.7 cm³/mol. The van der Waals surface area contributed by atoms with Crippen LogP contribution in [0.25, 0.3) is 0 Å². The van der Waals surface area contributed by atoms with Crippen LogP contribution in [0.2, 0.25) is 5.02 Å². The molecular formula is C13H17ClO2. The summed E-state index contributed by atoms with van der Waals surface area (Å²) in [6.07, 6.45) is 1.07. The van der Waals surface area contributed by atoms with E-state index in [4.69, 9.17) is 11.6 Å². The van der Waals surface area contributed by atoms with E-state index in [2.05, 4.69) is 0 Å². The number of aliphatic hydroxyl groups is 1. The van der Waals surface area contributed by atoms with Crippen molar-refractivity contribution < 1.29 is 9.90 Å². The van der Waals surface area contributed by atoms with Crippen molar-refractivity contribution in [3.05, 3.63) is 34.9 Å². The van der Waals surface area contributed by atoms with E-state index in [9.17, 15) is 9.90 Å². The molecule has 1 N–H and O–H groups in total. The molecule has 88 valence electrons. The van der Waals surface area contributed by atoms with Crippen molar-refractivity contribution in [2.45, 2.75) is 38.7 Å². The molecule has 1 aromatic carbocycles. The molecule has 2 nitrogen and oxygen atoms in total. The molecule has 0 fully saturated rings. The van der Waals surface area contributed by atoms with Gasteiger partial charge in [0.2, 0.25) is 0 Å². The van der Waals surface area contributed by atoms with Crippen LogP contribution in [0, 0.1) is 0 Å². The first kappa shape index (κ1) is 13.2. The average molecular weight is 241 g/mol. The third-order valence-corrected chi connectivity index (χ3v) is 3.37. The highest BCUT2D eigenvalue weighted by Crippen LogP contribution is 2.22. The van der Waals surface area contributed by atoms with E-state index >= 15 is 0 Å². The van der Waals surface area contributed by atoms with Crippen LogP contribution in [0.15, 0.2) is 24.3 Å². The first-order valence-electron chi connectivity index (χ1n) is 5.52. The normalized spacial score (nSPS) is 11.5. The Bertz CT molecular complexity index is 370. The minimum Gasteiger partial charge on any atom is -0.382 e.